The Morgan fingerprint density at radius 2 is 1.86 bits per heavy atom. The molecule has 154 valence electrons. The molecule has 1 unspecified atom stereocenters. The number of aliphatic hydroxyl groups excluding tert-OH is 1. The van der Waals surface area contributed by atoms with Crippen LogP contribution in [-0.4, -0.2) is 52.4 Å². The van der Waals surface area contributed by atoms with Crippen molar-refractivity contribution in [2.24, 2.45) is 0 Å². The van der Waals surface area contributed by atoms with E-state index in [2.05, 4.69) is 0 Å². The van der Waals surface area contributed by atoms with Crippen molar-refractivity contribution in [3.63, 3.8) is 0 Å². The van der Waals surface area contributed by atoms with Crippen LogP contribution in [0.25, 0.3) is 0 Å². The van der Waals surface area contributed by atoms with Gasteiger partial charge in [0.25, 0.3) is 5.91 Å². The summed E-state index contributed by atoms with van der Waals surface area (Å²) < 4.78 is 5.73. The van der Waals surface area contributed by atoms with Crippen molar-refractivity contribution in [2.45, 2.75) is 43.7 Å². The number of fused-ring (bicyclic) bond motifs is 1. The Hall–Kier alpha value is -2.31. The number of thioether (sulfide) groups is 1. The second kappa shape index (κ2) is 9.01. The summed E-state index contributed by atoms with van der Waals surface area (Å²) in [5.74, 6) is 0.180. The van der Waals surface area contributed by atoms with Crippen LogP contribution in [0, 0.1) is 0 Å². The van der Waals surface area contributed by atoms with Crippen molar-refractivity contribution < 1.29 is 19.4 Å². The highest BCUT2D eigenvalue weighted by molar-refractivity contribution is 7.99. The number of hydrogen-bond acceptors (Lipinski definition) is 5. The van der Waals surface area contributed by atoms with Crippen molar-refractivity contribution in [3.05, 3.63) is 65.2 Å². The number of benzene rings is 2. The molecule has 1 atom stereocenters. The number of β-amino-alcohol motifs (C(OH)–C–C–N with tert-alkyl or cyclic N) is 1. The Morgan fingerprint density at radius 3 is 2.59 bits per heavy atom. The van der Waals surface area contributed by atoms with Gasteiger partial charge in [-0.2, -0.15) is 0 Å². The van der Waals surface area contributed by atoms with Gasteiger partial charge in [-0.05, 0) is 44.5 Å². The predicted molar refractivity (Wildman–Crippen MR) is 114 cm³/mol. The van der Waals surface area contributed by atoms with Gasteiger partial charge < -0.3 is 14.7 Å². The zero-order valence-corrected chi connectivity index (χ0v) is 17.9. The Balaban J connectivity index is 1.83. The summed E-state index contributed by atoms with van der Waals surface area (Å²) in [4.78, 5) is 28.4. The van der Waals surface area contributed by atoms with Crippen molar-refractivity contribution in [2.75, 3.05) is 18.9 Å². The van der Waals surface area contributed by atoms with E-state index >= 15 is 0 Å². The van der Waals surface area contributed by atoms with Gasteiger partial charge in [-0.15, -0.1) is 11.8 Å². The van der Waals surface area contributed by atoms with E-state index in [1.165, 1.54) is 0 Å². The van der Waals surface area contributed by atoms with E-state index in [0.717, 1.165) is 10.5 Å². The number of amides is 1. The minimum absolute atomic E-state index is 0.0969. The number of esters is 1. The molecule has 1 amide bonds. The lowest BCUT2D eigenvalue weighted by atomic mass is 9.98. The Bertz CT molecular complexity index is 890. The number of nitrogens with zero attached hydrogens (tertiary/aromatic N) is 1. The summed E-state index contributed by atoms with van der Waals surface area (Å²) in [5, 5.41) is 9.42. The van der Waals surface area contributed by atoms with Crippen LogP contribution in [-0.2, 0) is 11.2 Å². The molecule has 2 aromatic rings. The third-order valence-corrected chi connectivity index (χ3v) is 6.08. The molecule has 0 spiro atoms. The van der Waals surface area contributed by atoms with E-state index in [1.807, 2.05) is 57.2 Å². The Morgan fingerprint density at radius 1 is 1.17 bits per heavy atom. The number of ether oxygens (including phenoxy) is 1. The molecule has 3 rings (SSSR count). The van der Waals surface area contributed by atoms with Crippen LogP contribution < -0.4 is 0 Å². The van der Waals surface area contributed by atoms with Crippen LogP contribution in [0.5, 0.6) is 0 Å². The fourth-order valence-electron chi connectivity index (χ4n) is 3.43. The van der Waals surface area contributed by atoms with E-state index in [4.69, 9.17) is 4.74 Å². The van der Waals surface area contributed by atoms with Crippen molar-refractivity contribution in [1.29, 1.82) is 0 Å². The molecule has 0 saturated heterocycles. The standard InChI is InChI=1S/C23H27NO4S/c1-23(2,3)24(12-13-25)21(26)18-9-5-4-8-16(18)14-17-15-29-20-11-7-6-10-19(20)22(27)28-17/h4-11,17,25H,12-15H2,1-3H3. The molecule has 0 fully saturated rings. The number of carbonyl (C=O) groups excluding carboxylic acids is 2. The van der Waals surface area contributed by atoms with Crippen LogP contribution in [0.3, 0.4) is 0 Å². The highest BCUT2D eigenvalue weighted by Gasteiger charge is 2.30. The fraction of sp³-hybridized carbons (Fsp3) is 0.391. The molecule has 0 saturated carbocycles. The quantitative estimate of drug-likeness (QED) is 0.756. The monoisotopic (exact) mass is 413 g/mol. The molecule has 1 aliphatic rings. The maximum Gasteiger partial charge on any atom is 0.339 e. The first-order chi connectivity index (χ1) is 13.8. The maximum atomic E-state index is 13.3. The fourth-order valence-corrected chi connectivity index (χ4v) is 4.47. The average Bonchev–Trinajstić information content (AvgIpc) is 2.84. The smallest absolute Gasteiger partial charge is 0.339 e. The molecule has 1 N–H and O–H groups in total. The topological polar surface area (TPSA) is 66.8 Å². The van der Waals surface area contributed by atoms with Gasteiger partial charge in [-0.25, -0.2) is 4.79 Å². The van der Waals surface area contributed by atoms with Gasteiger partial charge in [0.05, 0.1) is 12.2 Å². The molecule has 1 heterocycles. The van der Waals surface area contributed by atoms with Crippen LogP contribution in [0.1, 0.15) is 47.1 Å². The number of rotatable bonds is 5. The van der Waals surface area contributed by atoms with Gasteiger partial charge in [0.2, 0.25) is 0 Å². The first-order valence-electron chi connectivity index (χ1n) is 9.75. The van der Waals surface area contributed by atoms with Crippen molar-refractivity contribution >= 4 is 23.6 Å². The maximum absolute atomic E-state index is 13.3. The summed E-state index contributed by atoms with van der Waals surface area (Å²) in [7, 11) is 0. The summed E-state index contributed by atoms with van der Waals surface area (Å²) in [5.41, 5.74) is 1.60. The van der Waals surface area contributed by atoms with Gasteiger partial charge in [0.15, 0.2) is 0 Å². The molecule has 0 aliphatic carbocycles. The zero-order valence-electron chi connectivity index (χ0n) is 17.1. The average molecular weight is 414 g/mol. The Labute approximate surface area is 176 Å². The lowest BCUT2D eigenvalue weighted by molar-refractivity contribution is 0.0354. The van der Waals surface area contributed by atoms with Crippen molar-refractivity contribution in [3.8, 4) is 0 Å². The summed E-state index contributed by atoms with van der Waals surface area (Å²) in [6.07, 6.45) is 0.140. The normalized spacial score (nSPS) is 16.6. The number of hydrogen-bond donors (Lipinski definition) is 1. The van der Waals surface area contributed by atoms with E-state index in [1.54, 1.807) is 28.8 Å². The molecular weight excluding hydrogens is 386 g/mol. The number of carbonyl (C=O) groups is 2. The van der Waals surface area contributed by atoms with Crippen LogP contribution in [0.2, 0.25) is 0 Å². The van der Waals surface area contributed by atoms with Gasteiger partial charge in [0, 0.05) is 34.7 Å². The number of cyclic esters (lactones) is 1. The zero-order chi connectivity index (χ0) is 21.0. The van der Waals surface area contributed by atoms with E-state index in [-0.39, 0.29) is 31.1 Å². The highest BCUT2D eigenvalue weighted by atomic mass is 32.2. The lowest BCUT2D eigenvalue weighted by Crippen LogP contribution is -2.47. The van der Waals surface area contributed by atoms with E-state index in [0.29, 0.717) is 23.3 Å². The largest absolute Gasteiger partial charge is 0.458 e. The minimum Gasteiger partial charge on any atom is -0.458 e. The van der Waals surface area contributed by atoms with Crippen LogP contribution in [0.15, 0.2) is 53.4 Å². The highest BCUT2D eigenvalue weighted by Crippen LogP contribution is 2.30. The molecular formula is C23H27NO4S. The minimum atomic E-state index is -0.417. The molecule has 2 aromatic carbocycles. The van der Waals surface area contributed by atoms with Crippen LogP contribution >= 0.6 is 11.8 Å². The third kappa shape index (κ3) is 5.00. The lowest BCUT2D eigenvalue weighted by Gasteiger charge is -2.36. The molecule has 1 aliphatic heterocycles. The van der Waals surface area contributed by atoms with E-state index in [9.17, 15) is 14.7 Å². The molecule has 29 heavy (non-hydrogen) atoms. The molecule has 6 heteroatoms. The first-order valence-corrected chi connectivity index (χ1v) is 10.7. The second-order valence-electron chi connectivity index (χ2n) is 8.05. The SMILES string of the molecule is CC(C)(C)N(CCO)C(=O)c1ccccc1CC1CSc2ccccc2C(=O)O1. The summed E-state index contributed by atoms with van der Waals surface area (Å²) >= 11 is 1.60. The van der Waals surface area contributed by atoms with Crippen molar-refractivity contribution in [1.82, 2.24) is 4.90 Å². The second-order valence-corrected chi connectivity index (χ2v) is 9.11. The Kier molecular flexibility index (Phi) is 6.65. The van der Waals surface area contributed by atoms with Gasteiger partial charge >= 0.3 is 5.97 Å². The first kappa shape index (κ1) is 21.4. The summed E-state index contributed by atoms with van der Waals surface area (Å²) in [6.45, 7) is 6.01. The predicted octanol–water partition coefficient (Wildman–Crippen LogP) is 3.79. The van der Waals surface area contributed by atoms with Gasteiger partial charge in [-0.3, -0.25) is 4.79 Å². The van der Waals surface area contributed by atoms with E-state index < -0.39 is 5.54 Å². The molecule has 5 nitrogen and oxygen atoms in total. The van der Waals surface area contributed by atoms with Crippen LogP contribution in [0.4, 0.5) is 0 Å². The molecule has 0 radical (unpaired) electrons. The molecule has 0 bridgehead atoms. The molecule has 0 aromatic heterocycles. The summed E-state index contributed by atoms with van der Waals surface area (Å²) in [6, 6.07) is 14.9. The number of aliphatic hydroxyl groups is 1. The third-order valence-electron chi connectivity index (χ3n) is 4.88. The van der Waals surface area contributed by atoms with Gasteiger partial charge in [0.1, 0.15) is 6.10 Å². The van der Waals surface area contributed by atoms with Gasteiger partial charge in [-0.1, -0.05) is 30.3 Å².